The zero-order valence-corrected chi connectivity index (χ0v) is 26.8. The number of fused-ring (bicyclic) bond motifs is 4. The van der Waals surface area contributed by atoms with E-state index in [0.29, 0.717) is 29.9 Å². The van der Waals surface area contributed by atoms with Crippen molar-refractivity contribution in [2.24, 2.45) is 11.8 Å². The number of Topliss-reactive ketones (excluding diaryl/α,β-unsaturated/α-hetero) is 2. The topological polar surface area (TPSA) is 115 Å². The molecule has 0 radical (unpaired) electrons. The van der Waals surface area contributed by atoms with Gasteiger partial charge in [0, 0.05) is 23.3 Å². The van der Waals surface area contributed by atoms with E-state index in [1.165, 1.54) is 0 Å². The maximum atomic E-state index is 15.1. The van der Waals surface area contributed by atoms with Gasteiger partial charge in [-0.2, -0.15) is 0 Å². The summed E-state index contributed by atoms with van der Waals surface area (Å²) < 4.78 is 19.1. The van der Waals surface area contributed by atoms with Crippen LogP contribution >= 0.6 is 0 Å². The Balaban J connectivity index is 1.57. The van der Waals surface area contributed by atoms with Crippen LogP contribution in [-0.2, 0) is 17.5 Å². The molecule has 0 amide bonds. The number of carbonyl (C=O) groups excluding carboxylic acids is 2. The summed E-state index contributed by atoms with van der Waals surface area (Å²) >= 11 is 0. The Morgan fingerprint density at radius 3 is 2.51 bits per heavy atom. The lowest BCUT2D eigenvalue weighted by Gasteiger charge is -2.55. The molecule has 0 spiro atoms. The minimum Gasteiger partial charge on any atom is -0.508 e. The molecule has 3 aromatic rings. The molecule has 0 aliphatic heterocycles. The summed E-state index contributed by atoms with van der Waals surface area (Å²) in [5.74, 6) is -1.53. The first-order chi connectivity index (χ1) is 20.3. The van der Waals surface area contributed by atoms with Crippen molar-refractivity contribution in [2.45, 2.75) is 70.0 Å². The van der Waals surface area contributed by atoms with Crippen molar-refractivity contribution < 1.29 is 28.4 Å². The molecule has 2 aromatic heterocycles. The average molecular weight is 602 g/mol. The van der Waals surface area contributed by atoms with E-state index in [2.05, 4.69) is 44.0 Å². The average Bonchev–Trinajstić information content (AvgIpc) is 3.36. The van der Waals surface area contributed by atoms with Crippen molar-refractivity contribution in [2.75, 3.05) is 14.1 Å². The molecule has 43 heavy (non-hydrogen) atoms. The number of nitrogens with zero attached hydrogens (tertiary/aromatic N) is 3. The monoisotopic (exact) mass is 601 g/mol. The minimum absolute atomic E-state index is 0.0526. The second kappa shape index (κ2) is 10.2. The lowest BCUT2D eigenvalue weighted by molar-refractivity contribution is -0.0481. The number of aliphatic hydroxyl groups excluding tert-OH is 1. The van der Waals surface area contributed by atoms with Crippen molar-refractivity contribution in [1.29, 1.82) is 0 Å². The number of aliphatic hydroxyl groups is 1. The van der Waals surface area contributed by atoms with E-state index < -0.39 is 31.7 Å². The largest absolute Gasteiger partial charge is 0.508 e. The zero-order valence-electron chi connectivity index (χ0n) is 25.8. The number of carbonyl (C=O) groups is 2. The second-order valence-electron chi connectivity index (χ2n) is 13.7. The van der Waals surface area contributed by atoms with Gasteiger partial charge in [-0.25, -0.2) is 0 Å². The van der Waals surface area contributed by atoms with Gasteiger partial charge in [0.05, 0.1) is 11.7 Å². The predicted molar refractivity (Wildman–Crippen MR) is 163 cm³/mol. The van der Waals surface area contributed by atoms with Crippen LogP contribution in [0.25, 0.3) is 0 Å². The first-order valence-electron chi connectivity index (χ1n) is 14.8. The summed E-state index contributed by atoms with van der Waals surface area (Å²) in [6, 6.07) is 12.6. The lowest BCUT2D eigenvalue weighted by Crippen LogP contribution is -2.65. The molecule has 10 heteroatoms. The third-order valence-electron chi connectivity index (χ3n) is 9.79. The van der Waals surface area contributed by atoms with Gasteiger partial charge in [-0.3, -0.25) is 19.5 Å². The number of hydrogen-bond acceptors (Lipinski definition) is 9. The molecular formula is C33H39N3O6Si. The Morgan fingerprint density at radius 2 is 1.84 bits per heavy atom. The van der Waals surface area contributed by atoms with Crippen LogP contribution in [0.5, 0.6) is 5.88 Å². The molecule has 1 N–H and O–H groups in total. The summed E-state index contributed by atoms with van der Waals surface area (Å²) in [6.07, 6.45) is 2.58. The van der Waals surface area contributed by atoms with Gasteiger partial charge in [0.1, 0.15) is 17.9 Å². The smallest absolute Gasteiger partial charge is 0.265 e. The number of ketones is 2. The van der Waals surface area contributed by atoms with E-state index >= 15 is 4.79 Å². The highest BCUT2D eigenvalue weighted by Crippen LogP contribution is 2.59. The first-order valence-corrected chi connectivity index (χ1v) is 17.7. The molecule has 1 aromatic carbocycles. The Labute approximate surface area is 253 Å². The number of benzene rings is 1. The van der Waals surface area contributed by atoms with Crippen molar-refractivity contribution >= 4 is 19.9 Å². The fraction of sp³-hybridized carbons (Fsp3) is 0.455. The zero-order chi connectivity index (χ0) is 30.9. The Morgan fingerprint density at radius 1 is 1.12 bits per heavy atom. The lowest BCUT2D eigenvalue weighted by atomic mass is 9.59. The Hall–Kier alpha value is -3.60. The van der Waals surface area contributed by atoms with Gasteiger partial charge in [0.2, 0.25) is 5.78 Å². The van der Waals surface area contributed by atoms with E-state index in [1.807, 2.05) is 49.3 Å². The summed E-state index contributed by atoms with van der Waals surface area (Å²) in [5, 5.41) is 16.3. The minimum atomic E-state index is -2.75. The highest BCUT2D eigenvalue weighted by Gasteiger charge is 2.67. The maximum absolute atomic E-state index is 15.1. The second-order valence-corrected chi connectivity index (χ2v) is 18.4. The molecule has 2 heterocycles. The van der Waals surface area contributed by atoms with Gasteiger partial charge in [-0.15, -0.1) is 0 Å². The van der Waals surface area contributed by atoms with Crippen LogP contribution in [0, 0.1) is 11.8 Å². The fourth-order valence-corrected chi connectivity index (χ4v) is 8.11. The van der Waals surface area contributed by atoms with Crippen LogP contribution in [0.4, 0.5) is 0 Å². The van der Waals surface area contributed by atoms with E-state index in [4.69, 9.17) is 13.7 Å². The molecule has 0 unspecified atom stereocenters. The van der Waals surface area contributed by atoms with E-state index in [-0.39, 0.29) is 46.1 Å². The van der Waals surface area contributed by atoms with E-state index in [1.54, 1.807) is 18.3 Å². The number of allylic oxidation sites excluding steroid dienone is 1. The van der Waals surface area contributed by atoms with Crippen LogP contribution in [0.2, 0.25) is 18.1 Å². The third-order valence-corrected chi connectivity index (χ3v) is 14.2. The van der Waals surface area contributed by atoms with Crippen LogP contribution in [-0.4, -0.2) is 59.7 Å². The first kappa shape index (κ1) is 29.5. The normalized spacial score (nSPS) is 25.3. The number of rotatable bonds is 6. The van der Waals surface area contributed by atoms with Crippen LogP contribution in [0.15, 0.2) is 64.5 Å². The van der Waals surface area contributed by atoms with Crippen molar-refractivity contribution in [3.05, 3.63) is 88.1 Å². The highest BCUT2D eigenvalue weighted by molar-refractivity contribution is 6.74. The molecule has 226 valence electrons. The van der Waals surface area contributed by atoms with Gasteiger partial charge in [0.25, 0.3) is 5.88 Å². The third kappa shape index (κ3) is 4.49. The van der Waals surface area contributed by atoms with E-state index in [9.17, 15) is 9.90 Å². The van der Waals surface area contributed by atoms with Gasteiger partial charge in [0.15, 0.2) is 25.5 Å². The molecule has 3 aliphatic rings. The molecule has 0 saturated carbocycles. The predicted octanol–water partition coefficient (Wildman–Crippen LogP) is 6.10. The molecule has 0 fully saturated rings. The molecule has 6 rings (SSSR count). The summed E-state index contributed by atoms with van der Waals surface area (Å²) in [5.41, 5.74) is 0.636. The maximum Gasteiger partial charge on any atom is 0.265 e. The molecule has 4 atom stereocenters. The van der Waals surface area contributed by atoms with E-state index in [0.717, 1.165) is 5.56 Å². The molecule has 3 aliphatic carbocycles. The summed E-state index contributed by atoms with van der Waals surface area (Å²) in [4.78, 5) is 35.5. The van der Waals surface area contributed by atoms with Gasteiger partial charge < -0.3 is 18.8 Å². The van der Waals surface area contributed by atoms with Crippen LogP contribution in [0.1, 0.15) is 71.0 Å². The summed E-state index contributed by atoms with van der Waals surface area (Å²) in [6.45, 7) is 10.5. The molecular weight excluding hydrogens is 562 g/mol. The van der Waals surface area contributed by atoms with Crippen LogP contribution < -0.4 is 4.74 Å². The quantitative estimate of drug-likeness (QED) is 0.335. The van der Waals surface area contributed by atoms with Crippen molar-refractivity contribution in [3.63, 3.8) is 0 Å². The van der Waals surface area contributed by atoms with Gasteiger partial charge in [-0.1, -0.05) is 51.1 Å². The number of ether oxygens (including phenoxy) is 1. The number of aromatic nitrogens is 2. The molecule has 0 bridgehead atoms. The molecule has 0 saturated heterocycles. The fourth-order valence-electron chi connectivity index (χ4n) is 6.66. The number of hydrogen-bond donors (Lipinski definition) is 1. The SMILES string of the molecule is CN(C)[C@@H]1c2onc(OCc3ccccc3)c2C(=O)[C@@]2(O[Si](C)(C)C(C)(C)C)C(O)=C3C(=O)c4cccnc4C[C@H]3C[C@@H]12. The standard InChI is InChI=1S/C33H39N3O6Si/c1-32(2,3)43(6,7)42-33-22(16-20-17-23-21(14-11-15-34-23)27(37)24(20)29(33)38)26(36(4)5)28-25(30(33)39)31(35-41-28)40-18-19-12-9-8-10-13-19/h8-15,20,22,26,38H,16-18H2,1-7H3/t20-,22+,26+,33+/m1/s1. The Kier molecular flexibility index (Phi) is 7.02. The number of pyridine rings is 1. The molecule has 9 nitrogen and oxygen atoms in total. The highest BCUT2D eigenvalue weighted by atomic mass is 28.4. The van der Waals surface area contributed by atoms with Crippen molar-refractivity contribution in [1.82, 2.24) is 15.0 Å². The van der Waals surface area contributed by atoms with Crippen LogP contribution in [0.3, 0.4) is 0 Å². The Bertz CT molecular complexity index is 1620. The summed E-state index contributed by atoms with van der Waals surface area (Å²) in [7, 11) is 1.07. The van der Waals surface area contributed by atoms with Gasteiger partial charge in [-0.05, 0) is 73.8 Å². The van der Waals surface area contributed by atoms with Gasteiger partial charge >= 0.3 is 0 Å². The van der Waals surface area contributed by atoms with Crippen molar-refractivity contribution in [3.8, 4) is 5.88 Å².